The zero-order valence-electron chi connectivity index (χ0n) is 8.41. The van der Waals surface area contributed by atoms with Crippen molar-refractivity contribution in [1.29, 1.82) is 0 Å². The van der Waals surface area contributed by atoms with E-state index in [1.54, 1.807) is 6.07 Å². The molecule has 1 nitrogen and oxygen atoms in total. The van der Waals surface area contributed by atoms with E-state index in [1.165, 1.54) is 6.92 Å². The summed E-state index contributed by atoms with van der Waals surface area (Å²) in [5, 5.41) is 1.97. The van der Waals surface area contributed by atoms with Crippen LogP contribution in [0.4, 0.5) is 4.39 Å². The Morgan fingerprint density at radius 1 is 1.13 bits per heavy atom. The molecule has 0 saturated heterocycles. The Hall–Kier alpha value is -1.14. The fraction of sp³-hybridized carbons (Fsp3) is 0.167. The van der Waals surface area contributed by atoms with E-state index in [4.69, 9.17) is 4.74 Å². The largest absolute Gasteiger partial charge is 0.455 e. The Balaban J connectivity index is 2.52. The summed E-state index contributed by atoms with van der Waals surface area (Å²) < 4.78 is 18.6. The Kier molecular flexibility index (Phi) is 2.62. The van der Waals surface area contributed by atoms with Gasteiger partial charge in [-0.05, 0) is 11.5 Å². The molecule has 0 aliphatic heterocycles. The van der Waals surface area contributed by atoms with Crippen LogP contribution in [-0.4, -0.2) is 5.60 Å². The van der Waals surface area contributed by atoms with Crippen LogP contribution in [0.2, 0.25) is 0 Å². The zero-order chi connectivity index (χ0) is 10.9. The van der Waals surface area contributed by atoms with Crippen molar-refractivity contribution in [3.05, 3.63) is 42.5 Å². The number of halogens is 1. The summed E-state index contributed by atoms with van der Waals surface area (Å²) in [4.78, 5) is 0. The van der Waals surface area contributed by atoms with Gasteiger partial charge in [0.15, 0.2) is 0 Å². The van der Waals surface area contributed by atoms with Gasteiger partial charge in [0.1, 0.15) is 5.75 Å². The van der Waals surface area contributed by atoms with Gasteiger partial charge in [0, 0.05) is 12.3 Å². The lowest BCUT2D eigenvalue weighted by atomic mass is 10.1. The fourth-order valence-corrected chi connectivity index (χ4v) is 1.63. The Morgan fingerprint density at radius 3 is 2.53 bits per heavy atom. The minimum absolute atomic E-state index is 0.563. The fourth-order valence-electron chi connectivity index (χ4n) is 1.50. The maximum Gasteiger partial charge on any atom is 0.256 e. The van der Waals surface area contributed by atoms with Gasteiger partial charge in [-0.25, -0.2) is 0 Å². The monoisotopic (exact) mass is 222 g/mol. The second-order valence-electron chi connectivity index (χ2n) is 3.57. The van der Waals surface area contributed by atoms with Crippen LogP contribution < -0.4 is 4.74 Å². The van der Waals surface area contributed by atoms with Crippen molar-refractivity contribution >= 4 is 20.0 Å². The predicted molar refractivity (Wildman–Crippen MR) is 63.8 cm³/mol. The third-order valence-corrected chi connectivity index (χ3v) is 2.18. The number of ether oxygens (including phenoxy) is 1. The zero-order valence-corrected chi connectivity index (χ0v) is 9.56. The quantitative estimate of drug-likeness (QED) is 0.703. The van der Waals surface area contributed by atoms with E-state index in [0.717, 1.165) is 10.8 Å². The minimum Gasteiger partial charge on any atom is -0.455 e. The average molecular weight is 222 g/mol. The highest BCUT2D eigenvalue weighted by Crippen LogP contribution is 2.31. The molecule has 0 heterocycles. The van der Waals surface area contributed by atoms with Crippen molar-refractivity contribution in [3.8, 4) is 5.75 Å². The molecule has 0 radical (unpaired) electrons. The highest BCUT2D eigenvalue weighted by atomic mass is 31.0. The lowest BCUT2D eigenvalue weighted by Gasteiger charge is -2.18. The molecule has 2 aromatic carbocycles. The average Bonchev–Trinajstić information content (AvgIpc) is 2.16. The van der Waals surface area contributed by atoms with E-state index in [-0.39, 0.29) is 0 Å². The van der Waals surface area contributed by atoms with Crippen molar-refractivity contribution in [2.45, 2.75) is 12.5 Å². The lowest BCUT2D eigenvalue weighted by molar-refractivity contribution is 0.0488. The molecule has 0 spiro atoms. The van der Waals surface area contributed by atoms with Crippen LogP contribution in [0.15, 0.2) is 42.5 Å². The highest BCUT2D eigenvalue weighted by molar-refractivity contribution is 7.18. The van der Waals surface area contributed by atoms with E-state index in [1.807, 2.05) is 45.6 Å². The van der Waals surface area contributed by atoms with Gasteiger partial charge >= 0.3 is 0 Å². The van der Waals surface area contributed by atoms with Crippen LogP contribution in [-0.2, 0) is 0 Å². The molecule has 0 bridgehead atoms. The van der Waals surface area contributed by atoms with Crippen LogP contribution in [0.5, 0.6) is 5.75 Å². The van der Waals surface area contributed by atoms with E-state index in [2.05, 4.69) is 0 Å². The first-order valence-electron chi connectivity index (χ1n) is 4.71. The summed E-state index contributed by atoms with van der Waals surface area (Å²) in [6.07, 6.45) is 0. The van der Waals surface area contributed by atoms with Crippen molar-refractivity contribution < 1.29 is 9.13 Å². The first kappa shape index (κ1) is 10.4. The molecule has 0 N–H and O–H groups in total. The SMILES string of the molecule is CC(F)(P)Oc1cccc2ccccc12. The molecule has 0 amide bonds. The molecule has 0 fully saturated rings. The van der Waals surface area contributed by atoms with Gasteiger partial charge in [-0.1, -0.05) is 45.6 Å². The van der Waals surface area contributed by atoms with E-state index >= 15 is 0 Å². The molecule has 0 aliphatic rings. The second kappa shape index (κ2) is 3.79. The Bertz CT molecular complexity index is 471. The maximum atomic E-state index is 13.3. The van der Waals surface area contributed by atoms with E-state index in [9.17, 15) is 4.39 Å². The van der Waals surface area contributed by atoms with E-state index < -0.39 is 5.60 Å². The van der Waals surface area contributed by atoms with Crippen molar-refractivity contribution in [2.24, 2.45) is 0 Å². The van der Waals surface area contributed by atoms with Crippen LogP contribution >= 0.6 is 9.24 Å². The van der Waals surface area contributed by atoms with Gasteiger partial charge in [-0.3, -0.25) is 0 Å². The molecule has 2 rings (SSSR count). The van der Waals surface area contributed by atoms with Gasteiger partial charge in [0.25, 0.3) is 5.60 Å². The third kappa shape index (κ3) is 2.45. The van der Waals surface area contributed by atoms with Crippen molar-refractivity contribution in [3.63, 3.8) is 0 Å². The first-order chi connectivity index (χ1) is 7.06. The molecule has 15 heavy (non-hydrogen) atoms. The van der Waals surface area contributed by atoms with Crippen LogP contribution in [0.25, 0.3) is 10.8 Å². The van der Waals surface area contributed by atoms with Gasteiger partial charge in [-0.2, -0.15) is 4.39 Å². The number of fused-ring (bicyclic) bond motifs is 1. The highest BCUT2D eigenvalue weighted by Gasteiger charge is 2.18. The van der Waals surface area contributed by atoms with Gasteiger partial charge in [-0.15, -0.1) is 0 Å². The van der Waals surface area contributed by atoms with Crippen LogP contribution in [0, 0.1) is 0 Å². The number of benzene rings is 2. The van der Waals surface area contributed by atoms with Gasteiger partial charge in [0.05, 0.1) is 0 Å². The molecular weight excluding hydrogens is 210 g/mol. The molecule has 78 valence electrons. The molecule has 2 unspecified atom stereocenters. The molecular formula is C12H12FOP. The number of alkyl halides is 1. The summed E-state index contributed by atoms with van der Waals surface area (Å²) in [5.74, 6) is 0.563. The number of hydrogen-bond donors (Lipinski definition) is 0. The lowest BCUT2D eigenvalue weighted by Crippen LogP contribution is -2.16. The predicted octanol–water partition coefficient (Wildman–Crippen LogP) is 3.74. The molecule has 0 saturated carbocycles. The molecule has 0 aromatic heterocycles. The van der Waals surface area contributed by atoms with E-state index in [0.29, 0.717) is 5.75 Å². The summed E-state index contributed by atoms with van der Waals surface area (Å²) >= 11 is 0. The molecule has 2 aromatic rings. The van der Waals surface area contributed by atoms with Gasteiger partial charge in [0.2, 0.25) is 0 Å². The summed E-state index contributed by atoms with van der Waals surface area (Å²) in [6.45, 7) is 1.36. The maximum absolute atomic E-state index is 13.3. The molecule has 2 atom stereocenters. The summed E-state index contributed by atoms with van der Waals surface area (Å²) in [6, 6.07) is 13.3. The normalized spacial score (nSPS) is 14.9. The minimum atomic E-state index is -1.73. The van der Waals surface area contributed by atoms with Crippen molar-refractivity contribution in [2.75, 3.05) is 0 Å². The smallest absolute Gasteiger partial charge is 0.256 e. The summed E-state index contributed by atoms with van der Waals surface area (Å²) in [7, 11) is 2.03. The molecule has 3 heteroatoms. The first-order valence-corrected chi connectivity index (χ1v) is 5.28. The third-order valence-electron chi connectivity index (χ3n) is 2.06. The standard InChI is InChI=1S/C12H12FOP/c1-12(13,15)14-11-8-4-6-9-5-2-3-7-10(9)11/h2-8H,15H2,1H3. The number of rotatable bonds is 2. The summed E-state index contributed by atoms with van der Waals surface area (Å²) in [5.41, 5.74) is -1.73. The topological polar surface area (TPSA) is 9.23 Å². The van der Waals surface area contributed by atoms with Crippen LogP contribution in [0.3, 0.4) is 0 Å². The number of hydrogen-bond acceptors (Lipinski definition) is 1. The van der Waals surface area contributed by atoms with Gasteiger partial charge < -0.3 is 4.74 Å². The Labute approximate surface area is 90.5 Å². The van der Waals surface area contributed by atoms with Crippen molar-refractivity contribution in [1.82, 2.24) is 0 Å². The molecule has 0 aliphatic carbocycles. The van der Waals surface area contributed by atoms with Crippen LogP contribution in [0.1, 0.15) is 6.92 Å². The second-order valence-corrected chi connectivity index (χ2v) is 4.60. The Morgan fingerprint density at radius 2 is 1.80 bits per heavy atom.